The number of halogens is 1. The van der Waals surface area contributed by atoms with E-state index >= 15 is 0 Å². The SMILES string of the molecule is CCc1ccc(OCC(=O)N(CCc2ccccc2)C(CC)C(=O)NC2CCCC2)c(Br)c1. The van der Waals surface area contributed by atoms with Crippen molar-refractivity contribution in [1.82, 2.24) is 10.2 Å². The molecule has 0 saturated heterocycles. The molecule has 6 heteroatoms. The largest absolute Gasteiger partial charge is 0.483 e. The maximum Gasteiger partial charge on any atom is 0.261 e. The highest BCUT2D eigenvalue weighted by atomic mass is 79.9. The third-order valence-corrected chi connectivity index (χ3v) is 6.95. The average Bonchev–Trinajstić information content (AvgIpc) is 3.34. The van der Waals surface area contributed by atoms with Crippen molar-refractivity contribution < 1.29 is 14.3 Å². The van der Waals surface area contributed by atoms with Crippen LogP contribution in [0.15, 0.2) is 53.0 Å². The smallest absolute Gasteiger partial charge is 0.261 e. The molecule has 0 heterocycles. The lowest BCUT2D eigenvalue weighted by Crippen LogP contribution is -2.53. The van der Waals surface area contributed by atoms with Crippen molar-refractivity contribution in [1.29, 1.82) is 0 Å². The van der Waals surface area contributed by atoms with Crippen LogP contribution >= 0.6 is 15.9 Å². The fourth-order valence-corrected chi connectivity index (χ4v) is 4.91. The van der Waals surface area contributed by atoms with Crippen molar-refractivity contribution >= 4 is 27.7 Å². The van der Waals surface area contributed by atoms with Gasteiger partial charge in [0.1, 0.15) is 11.8 Å². The minimum atomic E-state index is -0.503. The zero-order valence-corrected chi connectivity index (χ0v) is 21.3. The number of rotatable bonds is 11. The Morgan fingerprint density at radius 1 is 1.09 bits per heavy atom. The second-order valence-corrected chi connectivity index (χ2v) is 9.50. The molecule has 33 heavy (non-hydrogen) atoms. The number of ether oxygens (including phenoxy) is 1. The quantitative estimate of drug-likeness (QED) is 0.442. The van der Waals surface area contributed by atoms with Crippen LogP contribution in [0.3, 0.4) is 0 Å². The molecule has 0 aromatic heterocycles. The van der Waals surface area contributed by atoms with Crippen molar-refractivity contribution in [3.05, 3.63) is 64.1 Å². The molecule has 0 bridgehead atoms. The average molecular weight is 515 g/mol. The van der Waals surface area contributed by atoms with Gasteiger partial charge in [0.2, 0.25) is 5.91 Å². The topological polar surface area (TPSA) is 58.6 Å². The van der Waals surface area contributed by atoms with Crippen LogP contribution in [-0.4, -0.2) is 41.9 Å². The zero-order valence-electron chi connectivity index (χ0n) is 19.7. The highest BCUT2D eigenvalue weighted by molar-refractivity contribution is 9.10. The Bertz CT molecular complexity index is 913. The Balaban J connectivity index is 1.71. The van der Waals surface area contributed by atoms with E-state index in [1.165, 1.54) is 5.56 Å². The van der Waals surface area contributed by atoms with Crippen LogP contribution in [0, 0.1) is 0 Å². The summed E-state index contributed by atoms with van der Waals surface area (Å²) in [6.07, 6.45) is 6.52. The Kier molecular flexibility index (Phi) is 9.79. The number of nitrogens with one attached hydrogen (secondary N) is 1. The molecule has 1 N–H and O–H groups in total. The molecule has 0 spiro atoms. The van der Waals surface area contributed by atoms with Gasteiger partial charge in [0.25, 0.3) is 5.91 Å². The summed E-state index contributed by atoms with van der Waals surface area (Å²) in [5.41, 5.74) is 2.33. The van der Waals surface area contributed by atoms with E-state index in [-0.39, 0.29) is 24.5 Å². The highest BCUT2D eigenvalue weighted by Gasteiger charge is 2.30. The summed E-state index contributed by atoms with van der Waals surface area (Å²) in [7, 11) is 0. The number of amides is 2. The minimum Gasteiger partial charge on any atom is -0.483 e. The van der Waals surface area contributed by atoms with Gasteiger partial charge in [0.05, 0.1) is 4.47 Å². The van der Waals surface area contributed by atoms with E-state index in [1.807, 2.05) is 55.5 Å². The lowest BCUT2D eigenvalue weighted by Gasteiger charge is -2.31. The predicted octanol–water partition coefficient (Wildman–Crippen LogP) is 5.30. The van der Waals surface area contributed by atoms with Crippen molar-refractivity contribution in [3.63, 3.8) is 0 Å². The van der Waals surface area contributed by atoms with Gasteiger partial charge in [-0.25, -0.2) is 0 Å². The van der Waals surface area contributed by atoms with Crippen LogP contribution in [0.2, 0.25) is 0 Å². The molecule has 2 aromatic rings. The fourth-order valence-electron chi connectivity index (χ4n) is 4.37. The predicted molar refractivity (Wildman–Crippen MR) is 135 cm³/mol. The number of carbonyl (C=O) groups is 2. The van der Waals surface area contributed by atoms with E-state index in [1.54, 1.807) is 4.90 Å². The molecule has 3 rings (SSSR count). The Morgan fingerprint density at radius 2 is 1.82 bits per heavy atom. The Morgan fingerprint density at radius 3 is 2.45 bits per heavy atom. The Labute approximate surface area is 206 Å². The maximum absolute atomic E-state index is 13.3. The van der Waals surface area contributed by atoms with Gasteiger partial charge in [-0.3, -0.25) is 9.59 Å². The summed E-state index contributed by atoms with van der Waals surface area (Å²) in [6, 6.07) is 15.7. The summed E-state index contributed by atoms with van der Waals surface area (Å²) in [5.74, 6) is 0.400. The molecule has 1 saturated carbocycles. The second-order valence-electron chi connectivity index (χ2n) is 8.64. The van der Waals surface area contributed by atoms with Gasteiger partial charge in [0, 0.05) is 12.6 Å². The fraction of sp³-hybridized carbons (Fsp3) is 0.481. The maximum atomic E-state index is 13.3. The molecule has 5 nitrogen and oxygen atoms in total. The number of aryl methyl sites for hydroxylation is 1. The monoisotopic (exact) mass is 514 g/mol. The molecule has 0 radical (unpaired) electrons. The van der Waals surface area contributed by atoms with Crippen LogP contribution in [0.1, 0.15) is 57.1 Å². The van der Waals surface area contributed by atoms with Crippen LogP contribution < -0.4 is 10.1 Å². The number of nitrogens with zero attached hydrogens (tertiary/aromatic N) is 1. The van der Waals surface area contributed by atoms with E-state index in [2.05, 4.69) is 28.2 Å². The van der Waals surface area contributed by atoms with Crippen LogP contribution in [0.25, 0.3) is 0 Å². The third kappa shape index (κ3) is 7.32. The molecular weight excluding hydrogens is 480 g/mol. The standard InChI is InChI=1S/C27H35BrN2O3/c1-3-20-14-15-25(23(28)18-20)33-19-26(31)30(17-16-21-10-6-5-7-11-21)24(4-2)27(32)29-22-12-8-9-13-22/h5-7,10-11,14-15,18,22,24H,3-4,8-9,12-13,16-17,19H2,1-2H3,(H,29,32). The molecule has 2 aromatic carbocycles. The number of benzene rings is 2. The van der Waals surface area contributed by atoms with Crippen molar-refractivity contribution in [2.24, 2.45) is 0 Å². The van der Waals surface area contributed by atoms with Gasteiger partial charge < -0.3 is 15.0 Å². The molecule has 0 aliphatic heterocycles. The van der Waals surface area contributed by atoms with Gasteiger partial charge in [-0.05, 0) is 71.3 Å². The summed E-state index contributed by atoms with van der Waals surface area (Å²) >= 11 is 3.54. The first-order valence-corrected chi connectivity index (χ1v) is 12.9. The van der Waals surface area contributed by atoms with E-state index < -0.39 is 6.04 Å². The molecule has 1 aliphatic carbocycles. The highest BCUT2D eigenvalue weighted by Crippen LogP contribution is 2.26. The normalized spacial score (nSPS) is 14.6. The van der Waals surface area contributed by atoms with Gasteiger partial charge >= 0.3 is 0 Å². The summed E-state index contributed by atoms with van der Waals surface area (Å²) in [5, 5.41) is 3.18. The lowest BCUT2D eigenvalue weighted by molar-refractivity contribution is -0.142. The van der Waals surface area contributed by atoms with Crippen molar-refractivity contribution in [2.75, 3.05) is 13.2 Å². The van der Waals surface area contributed by atoms with Crippen molar-refractivity contribution in [3.8, 4) is 5.75 Å². The van der Waals surface area contributed by atoms with Crippen LogP contribution in [-0.2, 0) is 22.4 Å². The molecule has 1 atom stereocenters. The van der Waals surface area contributed by atoms with E-state index in [0.29, 0.717) is 25.1 Å². The first-order chi connectivity index (χ1) is 16.0. The lowest BCUT2D eigenvalue weighted by atomic mass is 10.1. The van der Waals surface area contributed by atoms with Gasteiger partial charge in [-0.1, -0.05) is 63.1 Å². The first kappa shape index (κ1) is 25.3. The van der Waals surface area contributed by atoms with Crippen LogP contribution in [0.4, 0.5) is 0 Å². The first-order valence-electron chi connectivity index (χ1n) is 12.1. The molecule has 178 valence electrons. The van der Waals surface area contributed by atoms with Gasteiger partial charge in [-0.2, -0.15) is 0 Å². The molecule has 2 amide bonds. The summed E-state index contributed by atoms with van der Waals surface area (Å²) in [6.45, 7) is 4.42. The van der Waals surface area contributed by atoms with E-state index in [9.17, 15) is 9.59 Å². The van der Waals surface area contributed by atoms with Crippen molar-refractivity contribution in [2.45, 2.75) is 70.9 Å². The van der Waals surface area contributed by atoms with Gasteiger partial charge in [0.15, 0.2) is 6.61 Å². The second kappa shape index (κ2) is 12.8. The van der Waals surface area contributed by atoms with E-state index in [4.69, 9.17) is 4.74 Å². The Hall–Kier alpha value is -2.34. The van der Waals surface area contributed by atoms with E-state index in [0.717, 1.165) is 42.1 Å². The molecule has 1 fully saturated rings. The minimum absolute atomic E-state index is 0.0562. The molecular formula is C27H35BrN2O3. The van der Waals surface area contributed by atoms with Crippen LogP contribution in [0.5, 0.6) is 5.75 Å². The third-order valence-electron chi connectivity index (χ3n) is 6.33. The number of carbonyl (C=O) groups excluding carboxylic acids is 2. The number of hydrogen-bond donors (Lipinski definition) is 1. The number of hydrogen-bond acceptors (Lipinski definition) is 3. The van der Waals surface area contributed by atoms with Gasteiger partial charge in [-0.15, -0.1) is 0 Å². The molecule has 1 unspecified atom stereocenters. The summed E-state index contributed by atoms with van der Waals surface area (Å²) < 4.78 is 6.70. The summed E-state index contributed by atoms with van der Waals surface area (Å²) in [4.78, 5) is 28.2. The molecule has 1 aliphatic rings. The zero-order chi connectivity index (χ0) is 23.6.